The molecule has 1 aliphatic rings. The molecule has 0 unspecified atom stereocenters. The summed E-state index contributed by atoms with van der Waals surface area (Å²) in [7, 11) is 4.51. The molecule has 1 amide bonds. The number of amides is 1. The Kier molecular flexibility index (Phi) is 6.22. The second-order valence-electron chi connectivity index (χ2n) is 8.27. The van der Waals surface area contributed by atoms with E-state index in [-0.39, 0.29) is 18.3 Å². The predicted octanol–water partition coefficient (Wildman–Crippen LogP) is 4.17. The Bertz CT molecular complexity index is 1240. The predicted molar refractivity (Wildman–Crippen MR) is 125 cm³/mol. The van der Waals surface area contributed by atoms with Crippen molar-refractivity contribution in [1.82, 2.24) is 9.88 Å². The number of ether oxygens (including phenoxy) is 3. The van der Waals surface area contributed by atoms with Crippen molar-refractivity contribution in [3.05, 3.63) is 64.3 Å². The number of hydrogen-bond acceptors (Lipinski definition) is 6. The van der Waals surface area contributed by atoms with E-state index in [1.807, 2.05) is 50.2 Å². The van der Waals surface area contributed by atoms with Gasteiger partial charge in [-0.25, -0.2) is 0 Å². The highest BCUT2D eigenvalue weighted by Crippen LogP contribution is 2.40. The minimum atomic E-state index is -0.485. The van der Waals surface area contributed by atoms with E-state index in [2.05, 4.69) is 4.98 Å². The van der Waals surface area contributed by atoms with Crippen molar-refractivity contribution in [2.45, 2.75) is 32.7 Å². The normalized spacial score (nSPS) is 15.2. The van der Waals surface area contributed by atoms with Gasteiger partial charge in [-0.1, -0.05) is 11.6 Å². The van der Waals surface area contributed by atoms with Gasteiger partial charge in [0.05, 0.1) is 50.6 Å². The van der Waals surface area contributed by atoms with E-state index in [4.69, 9.17) is 14.2 Å². The third-order valence-corrected chi connectivity index (χ3v) is 6.24. The van der Waals surface area contributed by atoms with Crippen molar-refractivity contribution in [2.24, 2.45) is 0 Å². The number of fused-ring (bicyclic) bond motifs is 2. The summed E-state index contributed by atoms with van der Waals surface area (Å²) in [6.07, 6.45) is 0.683. The van der Waals surface area contributed by atoms with Crippen LogP contribution in [0.3, 0.4) is 0 Å². The summed E-state index contributed by atoms with van der Waals surface area (Å²) in [6.45, 7) is 4.32. The number of rotatable bonds is 5. The van der Waals surface area contributed by atoms with Gasteiger partial charge < -0.3 is 19.1 Å². The maximum atomic E-state index is 13.8. The molecule has 172 valence electrons. The smallest absolute Gasteiger partial charge is 0.307 e. The largest absolute Gasteiger partial charge is 0.493 e. The first-order valence-corrected chi connectivity index (χ1v) is 10.9. The zero-order chi connectivity index (χ0) is 23.7. The van der Waals surface area contributed by atoms with Crippen LogP contribution in [0.4, 0.5) is 0 Å². The molecule has 0 spiro atoms. The summed E-state index contributed by atoms with van der Waals surface area (Å²) in [5, 5.41) is 0.914. The zero-order valence-electron chi connectivity index (χ0n) is 19.6. The second-order valence-corrected chi connectivity index (χ2v) is 8.27. The Morgan fingerprint density at radius 2 is 1.76 bits per heavy atom. The van der Waals surface area contributed by atoms with Crippen LogP contribution in [0, 0.1) is 13.8 Å². The highest BCUT2D eigenvalue weighted by atomic mass is 16.5. The third-order valence-electron chi connectivity index (χ3n) is 6.24. The first kappa shape index (κ1) is 22.6. The van der Waals surface area contributed by atoms with Crippen LogP contribution in [0.15, 0.2) is 36.4 Å². The number of benzene rings is 2. The summed E-state index contributed by atoms with van der Waals surface area (Å²) in [4.78, 5) is 32.5. The van der Waals surface area contributed by atoms with E-state index < -0.39 is 6.04 Å². The molecule has 2 heterocycles. The Morgan fingerprint density at radius 3 is 2.45 bits per heavy atom. The lowest BCUT2D eigenvalue weighted by molar-refractivity contribution is -0.141. The molecule has 3 aromatic rings. The standard InChI is InChI=1S/C26H28N2O5/c1-15-6-7-21-18(10-15)11-19(16(2)27-21)26(30)28-9-8-17-12-23(31-3)24(32-4)13-20(17)22(28)14-25(29)33-5/h6-7,10-13,22H,8-9,14H2,1-5H3/t22-/m1/s1. The molecule has 0 aliphatic carbocycles. The lowest BCUT2D eigenvalue weighted by Gasteiger charge is -2.37. The van der Waals surface area contributed by atoms with Gasteiger partial charge in [0.25, 0.3) is 5.91 Å². The molecule has 0 fully saturated rings. The highest BCUT2D eigenvalue weighted by Gasteiger charge is 2.35. The van der Waals surface area contributed by atoms with Crippen LogP contribution < -0.4 is 9.47 Å². The van der Waals surface area contributed by atoms with Crippen LogP contribution in [-0.2, 0) is 16.0 Å². The van der Waals surface area contributed by atoms with Gasteiger partial charge in [0.1, 0.15) is 0 Å². The van der Waals surface area contributed by atoms with Crippen molar-refractivity contribution in [2.75, 3.05) is 27.9 Å². The van der Waals surface area contributed by atoms with Crippen LogP contribution in [-0.4, -0.2) is 49.6 Å². The first-order valence-electron chi connectivity index (χ1n) is 10.9. The second kappa shape index (κ2) is 9.10. The third kappa shape index (κ3) is 4.23. The number of pyridine rings is 1. The molecule has 0 bridgehead atoms. The van der Waals surface area contributed by atoms with E-state index in [0.717, 1.165) is 27.6 Å². The molecule has 0 saturated heterocycles. The Hall–Kier alpha value is -3.61. The maximum Gasteiger partial charge on any atom is 0.307 e. The Morgan fingerprint density at radius 1 is 1.03 bits per heavy atom. The molecular formula is C26H28N2O5. The van der Waals surface area contributed by atoms with Gasteiger partial charge in [-0.3, -0.25) is 14.6 Å². The average molecular weight is 449 g/mol. The SMILES string of the molecule is COC(=O)C[C@@H]1c2cc(OC)c(OC)cc2CCN1C(=O)c1cc2cc(C)ccc2nc1C. The van der Waals surface area contributed by atoms with Gasteiger partial charge in [-0.2, -0.15) is 0 Å². The summed E-state index contributed by atoms with van der Waals surface area (Å²) < 4.78 is 15.9. The molecule has 7 heteroatoms. The minimum absolute atomic E-state index is 0.0455. The van der Waals surface area contributed by atoms with Gasteiger partial charge >= 0.3 is 5.97 Å². The number of methoxy groups -OCH3 is 3. The molecule has 0 N–H and O–H groups in total. The van der Waals surface area contributed by atoms with E-state index in [9.17, 15) is 9.59 Å². The number of carbonyl (C=O) groups is 2. The molecule has 1 aliphatic heterocycles. The number of aryl methyl sites for hydroxylation is 2. The summed E-state index contributed by atoms with van der Waals surface area (Å²) in [6, 6.07) is 11.2. The molecule has 33 heavy (non-hydrogen) atoms. The van der Waals surface area contributed by atoms with E-state index >= 15 is 0 Å². The Balaban J connectivity index is 1.79. The first-order chi connectivity index (χ1) is 15.9. The molecule has 1 atom stereocenters. The molecule has 0 radical (unpaired) electrons. The summed E-state index contributed by atoms with van der Waals surface area (Å²) >= 11 is 0. The van der Waals surface area contributed by atoms with Crippen LogP contribution in [0.2, 0.25) is 0 Å². The number of nitrogens with zero attached hydrogens (tertiary/aromatic N) is 2. The molecule has 2 aromatic carbocycles. The van der Waals surface area contributed by atoms with Crippen molar-refractivity contribution in [3.63, 3.8) is 0 Å². The van der Waals surface area contributed by atoms with Gasteiger partial charge in [0.15, 0.2) is 11.5 Å². The molecule has 4 rings (SSSR count). The molecule has 0 saturated carbocycles. The highest BCUT2D eigenvalue weighted by molar-refractivity contribution is 5.99. The quantitative estimate of drug-likeness (QED) is 0.545. The summed E-state index contributed by atoms with van der Waals surface area (Å²) in [5.41, 5.74) is 5.03. The number of esters is 1. The fourth-order valence-corrected chi connectivity index (χ4v) is 4.50. The summed E-state index contributed by atoms with van der Waals surface area (Å²) in [5.74, 6) is 0.638. The number of aromatic nitrogens is 1. The van der Waals surface area contributed by atoms with E-state index in [1.54, 1.807) is 19.1 Å². The molecular weight excluding hydrogens is 420 g/mol. The molecule has 1 aromatic heterocycles. The zero-order valence-corrected chi connectivity index (χ0v) is 19.6. The Labute approximate surface area is 193 Å². The minimum Gasteiger partial charge on any atom is -0.493 e. The molecule has 7 nitrogen and oxygen atoms in total. The average Bonchev–Trinajstić information content (AvgIpc) is 2.82. The maximum absolute atomic E-state index is 13.8. The fraction of sp³-hybridized carbons (Fsp3) is 0.346. The van der Waals surface area contributed by atoms with Crippen LogP contribution >= 0.6 is 0 Å². The number of carbonyl (C=O) groups excluding carboxylic acids is 2. The van der Waals surface area contributed by atoms with Crippen molar-refractivity contribution in [3.8, 4) is 11.5 Å². The number of hydrogen-bond donors (Lipinski definition) is 0. The fourth-order valence-electron chi connectivity index (χ4n) is 4.50. The van der Waals surface area contributed by atoms with Crippen molar-refractivity contribution < 1.29 is 23.8 Å². The van der Waals surface area contributed by atoms with Gasteiger partial charge in [-0.15, -0.1) is 0 Å². The van der Waals surface area contributed by atoms with Gasteiger partial charge in [0.2, 0.25) is 0 Å². The monoisotopic (exact) mass is 448 g/mol. The topological polar surface area (TPSA) is 78.0 Å². The van der Waals surface area contributed by atoms with Crippen LogP contribution in [0.5, 0.6) is 11.5 Å². The van der Waals surface area contributed by atoms with E-state index in [1.165, 1.54) is 7.11 Å². The van der Waals surface area contributed by atoms with E-state index in [0.29, 0.717) is 35.7 Å². The lowest BCUT2D eigenvalue weighted by atomic mass is 9.89. The van der Waals surface area contributed by atoms with Gasteiger partial charge in [0, 0.05) is 11.9 Å². The van der Waals surface area contributed by atoms with Crippen LogP contribution in [0.1, 0.15) is 45.2 Å². The van der Waals surface area contributed by atoms with Crippen LogP contribution in [0.25, 0.3) is 10.9 Å². The van der Waals surface area contributed by atoms with Crippen molar-refractivity contribution >= 4 is 22.8 Å². The van der Waals surface area contributed by atoms with Gasteiger partial charge in [-0.05, 0) is 61.7 Å². The lowest BCUT2D eigenvalue weighted by Crippen LogP contribution is -2.41. The van der Waals surface area contributed by atoms with Crippen molar-refractivity contribution in [1.29, 1.82) is 0 Å².